The van der Waals surface area contributed by atoms with Gasteiger partial charge in [-0.3, -0.25) is 10.1 Å². The van der Waals surface area contributed by atoms with Crippen LogP contribution in [0, 0.1) is 10.1 Å². The lowest BCUT2D eigenvalue weighted by molar-refractivity contribution is -0.384. The molecule has 0 bridgehead atoms. The van der Waals surface area contributed by atoms with E-state index in [0.29, 0.717) is 29.7 Å². The van der Waals surface area contributed by atoms with Gasteiger partial charge in [0.2, 0.25) is 0 Å². The van der Waals surface area contributed by atoms with Gasteiger partial charge in [-0.1, -0.05) is 11.6 Å². The van der Waals surface area contributed by atoms with E-state index in [1.165, 1.54) is 12.1 Å². The molecule has 0 aliphatic rings. The smallest absolute Gasteiger partial charge is 0.269 e. The van der Waals surface area contributed by atoms with Crippen molar-refractivity contribution in [3.63, 3.8) is 0 Å². The van der Waals surface area contributed by atoms with Crippen molar-refractivity contribution in [3.05, 3.63) is 62.7 Å². The minimum atomic E-state index is -0.436. The topological polar surface area (TPSA) is 93.9 Å². The predicted octanol–water partition coefficient (Wildman–Crippen LogP) is 4.09. The van der Waals surface area contributed by atoms with Crippen molar-refractivity contribution in [2.75, 3.05) is 19.8 Å². The first-order valence-electron chi connectivity index (χ1n) is 9.18. The number of nitro groups is 1. The van der Waals surface area contributed by atoms with Crippen LogP contribution in [0.5, 0.6) is 11.5 Å². The first-order valence-corrected chi connectivity index (χ1v) is 9.55. The summed E-state index contributed by atoms with van der Waals surface area (Å²) in [6.45, 7) is 4.19. The zero-order valence-corrected chi connectivity index (χ0v) is 16.6. The van der Waals surface area contributed by atoms with E-state index in [2.05, 4.69) is 5.32 Å². The molecule has 0 amide bonds. The Balaban J connectivity index is 2.03. The number of hydrogen-bond acceptors (Lipinski definition) is 6. The zero-order valence-electron chi connectivity index (χ0n) is 15.8. The van der Waals surface area contributed by atoms with E-state index in [1.54, 1.807) is 18.2 Å². The first kappa shape index (κ1) is 21.9. The summed E-state index contributed by atoms with van der Waals surface area (Å²) in [5.74, 6) is 1.12. The molecule has 0 radical (unpaired) electrons. The molecule has 7 nitrogen and oxygen atoms in total. The Bertz CT molecular complexity index is 768. The molecule has 0 aliphatic heterocycles. The molecule has 8 heteroatoms. The second kappa shape index (κ2) is 11.5. The minimum absolute atomic E-state index is 0.0395. The maximum atomic E-state index is 10.7. The van der Waals surface area contributed by atoms with Crippen molar-refractivity contribution < 1.29 is 19.5 Å². The van der Waals surface area contributed by atoms with Crippen LogP contribution in [0.4, 0.5) is 5.69 Å². The quantitative estimate of drug-likeness (QED) is 0.312. The average molecular weight is 409 g/mol. The number of halogens is 1. The summed E-state index contributed by atoms with van der Waals surface area (Å²) in [6.07, 6.45) is 1.66. The number of benzene rings is 2. The molecule has 0 aliphatic carbocycles. The number of nitro benzene ring substituents is 1. The van der Waals surface area contributed by atoms with Gasteiger partial charge < -0.3 is 19.9 Å². The number of unbranched alkanes of at least 4 members (excludes halogenated alkanes) is 1. The fourth-order valence-electron chi connectivity index (χ4n) is 2.55. The maximum Gasteiger partial charge on any atom is 0.269 e. The number of nitrogens with zero attached hydrogens (tertiary/aromatic N) is 1. The molecule has 0 atom stereocenters. The lowest BCUT2D eigenvalue weighted by Crippen LogP contribution is -2.15. The Kier molecular flexibility index (Phi) is 9.00. The number of non-ortho nitro benzene ring substituents is 1. The Morgan fingerprint density at radius 3 is 2.50 bits per heavy atom. The van der Waals surface area contributed by atoms with E-state index >= 15 is 0 Å². The molecule has 2 rings (SSSR count). The number of rotatable bonds is 12. The standard InChI is InChI=1S/C20H25ClN2O5/c1-2-27-19-11-16(13-22-9-3-4-10-24)18(21)12-20(19)28-14-15-5-7-17(8-6-15)23(25)26/h5-8,11-12,22,24H,2-4,9-10,13-14H2,1H3. The molecule has 28 heavy (non-hydrogen) atoms. The number of nitrogens with one attached hydrogen (secondary N) is 1. The summed E-state index contributed by atoms with van der Waals surface area (Å²) in [6, 6.07) is 9.79. The van der Waals surface area contributed by atoms with E-state index in [-0.39, 0.29) is 18.9 Å². The average Bonchev–Trinajstić information content (AvgIpc) is 2.69. The summed E-state index contributed by atoms with van der Waals surface area (Å²) >= 11 is 6.39. The van der Waals surface area contributed by atoms with Crippen LogP contribution >= 0.6 is 11.6 Å². The van der Waals surface area contributed by atoms with Gasteiger partial charge in [0.15, 0.2) is 11.5 Å². The number of aliphatic hydroxyl groups is 1. The van der Waals surface area contributed by atoms with Gasteiger partial charge in [0.1, 0.15) is 6.61 Å². The largest absolute Gasteiger partial charge is 0.490 e. The summed E-state index contributed by atoms with van der Waals surface area (Å²) in [5, 5.41) is 23.4. The maximum absolute atomic E-state index is 10.7. The van der Waals surface area contributed by atoms with Crippen LogP contribution in [0.2, 0.25) is 5.02 Å². The summed E-state index contributed by atoms with van der Waals surface area (Å²) < 4.78 is 11.5. The van der Waals surface area contributed by atoms with Gasteiger partial charge in [0, 0.05) is 36.4 Å². The number of ether oxygens (including phenoxy) is 2. The second-order valence-corrected chi connectivity index (χ2v) is 6.55. The van der Waals surface area contributed by atoms with Crippen LogP contribution in [0.25, 0.3) is 0 Å². The van der Waals surface area contributed by atoms with Crippen LogP contribution in [0.15, 0.2) is 36.4 Å². The lowest BCUT2D eigenvalue weighted by atomic mass is 10.2. The fraction of sp³-hybridized carbons (Fsp3) is 0.400. The van der Waals surface area contributed by atoms with E-state index < -0.39 is 4.92 Å². The van der Waals surface area contributed by atoms with Gasteiger partial charge in [-0.25, -0.2) is 0 Å². The number of aliphatic hydroxyl groups excluding tert-OH is 1. The molecule has 0 spiro atoms. The van der Waals surface area contributed by atoms with Crippen LogP contribution < -0.4 is 14.8 Å². The van der Waals surface area contributed by atoms with Gasteiger partial charge in [-0.2, -0.15) is 0 Å². The highest BCUT2D eigenvalue weighted by molar-refractivity contribution is 6.31. The van der Waals surface area contributed by atoms with Crippen LogP contribution in [0.3, 0.4) is 0 Å². The summed E-state index contributed by atoms with van der Waals surface area (Å²) in [4.78, 5) is 10.3. The SMILES string of the molecule is CCOc1cc(CNCCCCO)c(Cl)cc1OCc1ccc([N+](=O)[O-])cc1. The minimum Gasteiger partial charge on any atom is -0.490 e. The van der Waals surface area contributed by atoms with Crippen LogP contribution in [0.1, 0.15) is 30.9 Å². The molecular weight excluding hydrogens is 384 g/mol. The Labute approximate surface area is 169 Å². The van der Waals surface area contributed by atoms with Crippen molar-refractivity contribution >= 4 is 17.3 Å². The van der Waals surface area contributed by atoms with Crippen molar-refractivity contribution in [1.82, 2.24) is 5.32 Å². The highest BCUT2D eigenvalue weighted by atomic mass is 35.5. The molecule has 0 fully saturated rings. The third-order valence-electron chi connectivity index (χ3n) is 4.03. The van der Waals surface area contributed by atoms with Gasteiger partial charge in [-0.05, 0) is 55.6 Å². The van der Waals surface area contributed by atoms with Gasteiger partial charge in [0.25, 0.3) is 5.69 Å². The summed E-state index contributed by atoms with van der Waals surface area (Å²) in [5.41, 5.74) is 1.74. The molecule has 0 saturated heterocycles. The molecular formula is C20H25ClN2O5. The molecule has 0 aromatic heterocycles. The van der Waals surface area contributed by atoms with Crippen LogP contribution in [-0.4, -0.2) is 29.8 Å². The van der Waals surface area contributed by atoms with E-state index in [9.17, 15) is 10.1 Å². The van der Waals surface area contributed by atoms with Crippen LogP contribution in [-0.2, 0) is 13.2 Å². The highest BCUT2D eigenvalue weighted by Crippen LogP contribution is 2.34. The lowest BCUT2D eigenvalue weighted by Gasteiger charge is -2.15. The zero-order chi connectivity index (χ0) is 20.4. The first-order chi connectivity index (χ1) is 13.5. The molecule has 2 aromatic carbocycles. The van der Waals surface area contributed by atoms with Crippen molar-refractivity contribution in [3.8, 4) is 11.5 Å². The van der Waals surface area contributed by atoms with Crippen molar-refractivity contribution in [2.24, 2.45) is 0 Å². The van der Waals surface area contributed by atoms with E-state index in [0.717, 1.165) is 30.5 Å². The number of hydrogen-bond donors (Lipinski definition) is 2. The second-order valence-electron chi connectivity index (χ2n) is 6.14. The highest BCUT2D eigenvalue weighted by Gasteiger charge is 2.12. The Hall–Kier alpha value is -2.35. The van der Waals surface area contributed by atoms with E-state index in [4.69, 9.17) is 26.2 Å². The van der Waals surface area contributed by atoms with Crippen molar-refractivity contribution in [2.45, 2.75) is 32.9 Å². The molecule has 0 unspecified atom stereocenters. The molecule has 2 aromatic rings. The fourth-order valence-corrected chi connectivity index (χ4v) is 2.77. The van der Waals surface area contributed by atoms with Gasteiger partial charge in [0.05, 0.1) is 11.5 Å². The molecule has 2 N–H and O–H groups in total. The Morgan fingerprint density at radius 2 is 1.86 bits per heavy atom. The van der Waals surface area contributed by atoms with Gasteiger partial charge >= 0.3 is 0 Å². The van der Waals surface area contributed by atoms with E-state index in [1.807, 2.05) is 13.0 Å². The third kappa shape index (κ3) is 6.67. The van der Waals surface area contributed by atoms with Crippen molar-refractivity contribution in [1.29, 1.82) is 0 Å². The predicted molar refractivity (Wildman–Crippen MR) is 108 cm³/mol. The van der Waals surface area contributed by atoms with Gasteiger partial charge in [-0.15, -0.1) is 0 Å². The monoisotopic (exact) mass is 408 g/mol. The summed E-state index contributed by atoms with van der Waals surface area (Å²) in [7, 11) is 0. The molecule has 0 heterocycles. The normalized spacial score (nSPS) is 10.7. The third-order valence-corrected chi connectivity index (χ3v) is 4.38. The Morgan fingerprint density at radius 1 is 1.14 bits per heavy atom. The molecule has 152 valence electrons. The molecule has 0 saturated carbocycles.